The quantitative estimate of drug-likeness (QED) is 0.596. The minimum Gasteiger partial charge on any atom is -0.459 e. The zero-order chi connectivity index (χ0) is 17.0. The molecule has 1 aromatic rings. The van der Waals surface area contributed by atoms with Gasteiger partial charge >= 0.3 is 5.97 Å². The minimum absolute atomic E-state index is 0.0228. The van der Waals surface area contributed by atoms with E-state index in [4.69, 9.17) is 4.74 Å². The van der Waals surface area contributed by atoms with E-state index in [1.54, 1.807) is 31.2 Å². The van der Waals surface area contributed by atoms with E-state index in [1.807, 2.05) is 6.07 Å². The van der Waals surface area contributed by atoms with Crippen molar-refractivity contribution in [1.29, 1.82) is 0 Å². The highest BCUT2D eigenvalue weighted by Gasteiger charge is 2.39. The van der Waals surface area contributed by atoms with Crippen LogP contribution in [0.2, 0.25) is 0 Å². The molecule has 124 valence electrons. The molecule has 23 heavy (non-hydrogen) atoms. The third kappa shape index (κ3) is 4.31. The van der Waals surface area contributed by atoms with E-state index >= 15 is 0 Å². The number of hydrogen-bond donors (Lipinski definition) is 0. The van der Waals surface area contributed by atoms with Gasteiger partial charge in [-0.15, -0.1) is 0 Å². The SMILES string of the molecule is CC(CC(=O)C1C(C)C=CCC1(C)C)OC(=O)c1ccccc1. The van der Waals surface area contributed by atoms with E-state index in [1.165, 1.54) is 0 Å². The highest BCUT2D eigenvalue weighted by Crippen LogP contribution is 2.41. The van der Waals surface area contributed by atoms with E-state index in [-0.39, 0.29) is 35.4 Å². The van der Waals surface area contributed by atoms with Gasteiger partial charge in [0.2, 0.25) is 0 Å². The molecule has 0 saturated carbocycles. The van der Waals surface area contributed by atoms with E-state index in [0.717, 1.165) is 6.42 Å². The van der Waals surface area contributed by atoms with E-state index in [9.17, 15) is 9.59 Å². The first-order valence-corrected chi connectivity index (χ1v) is 8.26. The van der Waals surface area contributed by atoms with Gasteiger partial charge in [0.15, 0.2) is 0 Å². The Morgan fingerprint density at radius 1 is 1.26 bits per heavy atom. The number of carbonyl (C=O) groups is 2. The van der Waals surface area contributed by atoms with Crippen LogP contribution in [0.5, 0.6) is 0 Å². The summed E-state index contributed by atoms with van der Waals surface area (Å²) in [5.74, 6) is 0.00983. The Balaban J connectivity index is 1.97. The second-order valence-electron chi connectivity index (χ2n) is 7.21. The van der Waals surface area contributed by atoms with E-state index < -0.39 is 6.10 Å². The summed E-state index contributed by atoms with van der Waals surface area (Å²) < 4.78 is 5.42. The molecule has 0 fully saturated rings. The van der Waals surface area contributed by atoms with Gasteiger partial charge in [-0.3, -0.25) is 4.79 Å². The highest BCUT2D eigenvalue weighted by atomic mass is 16.5. The van der Waals surface area contributed by atoms with Gasteiger partial charge < -0.3 is 4.74 Å². The highest BCUT2D eigenvalue weighted by molar-refractivity contribution is 5.90. The summed E-state index contributed by atoms with van der Waals surface area (Å²) in [5, 5.41) is 0. The van der Waals surface area contributed by atoms with Gasteiger partial charge in [0.25, 0.3) is 0 Å². The fourth-order valence-electron chi connectivity index (χ4n) is 3.54. The maximum absolute atomic E-state index is 12.7. The number of Topliss-reactive ketones (excluding diaryl/α,β-unsaturated/α-hetero) is 1. The minimum atomic E-state index is -0.413. The van der Waals surface area contributed by atoms with Crippen LogP contribution in [-0.2, 0) is 9.53 Å². The molecule has 3 unspecified atom stereocenters. The lowest BCUT2D eigenvalue weighted by atomic mass is 9.65. The molecule has 3 nitrogen and oxygen atoms in total. The van der Waals surface area contributed by atoms with Crippen molar-refractivity contribution < 1.29 is 14.3 Å². The zero-order valence-electron chi connectivity index (χ0n) is 14.4. The van der Waals surface area contributed by atoms with Gasteiger partial charge in [-0.05, 0) is 36.8 Å². The second kappa shape index (κ2) is 7.12. The first-order chi connectivity index (χ1) is 10.8. The molecular formula is C20H26O3. The predicted octanol–water partition coefficient (Wildman–Crippen LogP) is 4.43. The van der Waals surface area contributed by atoms with E-state index in [2.05, 4.69) is 32.9 Å². The number of esters is 1. The second-order valence-corrected chi connectivity index (χ2v) is 7.21. The van der Waals surface area contributed by atoms with E-state index in [0.29, 0.717) is 5.56 Å². The van der Waals surface area contributed by atoms with Crippen LogP contribution in [0.1, 0.15) is 50.9 Å². The Kier molecular flexibility index (Phi) is 5.40. The van der Waals surface area contributed by atoms with Crippen LogP contribution in [0.4, 0.5) is 0 Å². The molecule has 1 aliphatic rings. The molecule has 1 aliphatic carbocycles. The molecule has 3 atom stereocenters. The largest absolute Gasteiger partial charge is 0.459 e. The van der Waals surface area contributed by atoms with Crippen molar-refractivity contribution in [2.45, 2.75) is 46.6 Å². The Hall–Kier alpha value is -1.90. The summed E-state index contributed by atoms with van der Waals surface area (Å²) in [5.41, 5.74) is 0.468. The summed E-state index contributed by atoms with van der Waals surface area (Å²) in [4.78, 5) is 24.8. The van der Waals surface area contributed by atoms with Gasteiger partial charge in [0.05, 0.1) is 5.56 Å². The molecular weight excluding hydrogens is 288 g/mol. The standard InChI is InChI=1S/C20H26O3/c1-14-9-8-12-20(3,4)18(14)17(21)13-15(2)23-19(22)16-10-6-5-7-11-16/h5-11,14-15,18H,12-13H2,1-4H3. The van der Waals surface area contributed by atoms with Crippen molar-refractivity contribution in [3.05, 3.63) is 48.0 Å². The van der Waals surface area contributed by atoms with Gasteiger partial charge in [0.1, 0.15) is 11.9 Å². The number of ether oxygens (including phenoxy) is 1. The number of ketones is 1. The fourth-order valence-corrected chi connectivity index (χ4v) is 3.54. The van der Waals surface area contributed by atoms with Crippen LogP contribution in [0.25, 0.3) is 0 Å². The Bertz CT molecular complexity index is 586. The lowest BCUT2D eigenvalue weighted by Crippen LogP contribution is -2.38. The van der Waals surface area contributed by atoms with Gasteiger partial charge in [0, 0.05) is 12.3 Å². The molecule has 0 aromatic heterocycles. The molecule has 0 bridgehead atoms. The van der Waals surface area contributed by atoms with Crippen LogP contribution >= 0.6 is 0 Å². The first kappa shape index (κ1) is 17.5. The predicted molar refractivity (Wildman–Crippen MR) is 91.1 cm³/mol. The number of allylic oxidation sites excluding steroid dienone is 2. The zero-order valence-corrected chi connectivity index (χ0v) is 14.4. The molecule has 0 radical (unpaired) electrons. The molecule has 0 heterocycles. The number of carbonyl (C=O) groups excluding carboxylic acids is 2. The third-order valence-electron chi connectivity index (χ3n) is 4.60. The third-order valence-corrected chi connectivity index (χ3v) is 4.60. The Labute approximate surface area is 138 Å². The summed E-state index contributed by atoms with van der Waals surface area (Å²) in [6, 6.07) is 8.88. The van der Waals surface area contributed by atoms with Crippen molar-refractivity contribution in [3.63, 3.8) is 0 Å². The Morgan fingerprint density at radius 2 is 1.91 bits per heavy atom. The van der Waals surface area contributed by atoms with Crippen LogP contribution in [0.15, 0.2) is 42.5 Å². The van der Waals surface area contributed by atoms with Crippen molar-refractivity contribution in [3.8, 4) is 0 Å². The molecule has 0 saturated heterocycles. The fraction of sp³-hybridized carbons (Fsp3) is 0.500. The van der Waals surface area contributed by atoms with Crippen LogP contribution in [0.3, 0.4) is 0 Å². The molecule has 3 heteroatoms. The summed E-state index contributed by atoms with van der Waals surface area (Å²) in [7, 11) is 0. The smallest absolute Gasteiger partial charge is 0.338 e. The van der Waals surface area contributed by atoms with Crippen LogP contribution in [0, 0.1) is 17.3 Å². The monoisotopic (exact) mass is 314 g/mol. The lowest BCUT2D eigenvalue weighted by Gasteiger charge is -2.39. The summed E-state index contributed by atoms with van der Waals surface area (Å²) >= 11 is 0. The van der Waals surface area contributed by atoms with Crippen LogP contribution < -0.4 is 0 Å². The first-order valence-electron chi connectivity index (χ1n) is 8.26. The molecule has 0 amide bonds. The topological polar surface area (TPSA) is 43.4 Å². The number of benzene rings is 1. The summed E-state index contributed by atoms with van der Waals surface area (Å²) in [6.45, 7) is 8.14. The van der Waals surface area contributed by atoms with Crippen molar-refractivity contribution in [2.24, 2.45) is 17.3 Å². The molecule has 2 rings (SSSR count). The molecule has 0 spiro atoms. The molecule has 0 aliphatic heterocycles. The van der Waals surface area contributed by atoms with Crippen LogP contribution in [-0.4, -0.2) is 17.9 Å². The van der Waals surface area contributed by atoms with Crippen molar-refractivity contribution in [1.82, 2.24) is 0 Å². The van der Waals surface area contributed by atoms with Gasteiger partial charge in [-0.25, -0.2) is 4.79 Å². The number of rotatable bonds is 5. The summed E-state index contributed by atoms with van der Waals surface area (Å²) in [6.07, 6.45) is 5.04. The molecule has 1 aromatic carbocycles. The average Bonchev–Trinajstić information content (AvgIpc) is 2.46. The van der Waals surface area contributed by atoms with Gasteiger partial charge in [-0.2, -0.15) is 0 Å². The maximum atomic E-state index is 12.7. The maximum Gasteiger partial charge on any atom is 0.338 e. The normalized spacial score (nSPS) is 24.0. The Morgan fingerprint density at radius 3 is 2.52 bits per heavy atom. The molecule has 0 N–H and O–H groups in total. The average molecular weight is 314 g/mol. The lowest BCUT2D eigenvalue weighted by molar-refractivity contribution is -0.130. The van der Waals surface area contributed by atoms with Gasteiger partial charge in [-0.1, -0.05) is 51.1 Å². The van der Waals surface area contributed by atoms with Crippen molar-refractivity contribution >= 4 is 11.8 Å². The van der Waals surface area contributed by atoms with Crippen molar-refractivity contribution in [2.75, 3.05) is 0 Å². The number of hydrogen-bond acceptors (Lipinski definition) is 3.